The Balaban J connectivity index is 0.00000201. The molecule has 6 heteroatoms. The fraction of sp³-hybridized carbons (Fsp3) is 0.222. The Bertz CT molecular complexity index is 2700. The minimum Gasteiger partial charge on any atom is -0.208 e. The number of nitrogens with zero attached hydrogens (tertiary/aromatic N) is 6. The number of rotatable bonds is 6. The molecule has 0 amide bonds. The normalized spacial score (nSPS) is 21.6. The van der Waals surface area contributed by atoms with Crippen molar-refractivity contribution in [2.45, 2.75) is 51.4 Å². The molecular formula is C54H46N6. The highest BCUT2D eigenvalue weighted by molar-refractivity contribution is 5.93. The molecule has 8 aromatic rings. The quantitative estimate of drug-likeness (QED) is 0.167. The first-order valence-electron chi connectivity index (χ1n) is 21.7. The van der Waals surface area contributed by atoms with Gasteiger partial charge >= 0.3 is 0 Å². The second-order valence-corrected chi connectivity index (χ2v) is 16.7. The Hall–Kier alpha value is -6.66. The largest absolute Gasteiger partial charge is 0.208 e. The van der Waals surface area contributed by atoms with Crippen LogP contribution >= 0.6 is 0 Å². The van der Waals surface area contributed by atoms with Crippen LogP contribution in [-0.4, -0.2) is 29.9 Å². The lowest BCUT2D eigenvalue weighted by atomic mass is 9.43. The van der Waals surface area contributed by atoms with Gasteiger partial charge in [0.05, 0.1) is 0 Å². The zero-order chi connectivity index (χ0) is 40.2. The average Bonchev–Trinajstić information content (AvgIpc) is 3.62. The molecule has 0 atom stereocenters. The summed E-state index contributed by atoms with van der Waals surface area (Å²) in [6, 6.07) is 55.0. The molecule has 2 heterocycles. The maximum absolute atomic E-state index is 5.27. The molecule has 6 nitrogen and oxygen atoms in total. The first-order chi connectivity index (χ1) is 29.7. The third-order valence-electron chi connectivity index (χ3n) is 13.6. The minimum atomic E-state index is -0.0980. The Morgan fingerprint density at radius 1 is 0.350 bits per heavy atom. The van der Waals surface area contributed by atoms with E-state index in [4.69, 9.17) is 29.9 Å². The summed E-state index contributed by atoms with van der Waals surface area (Å²) in [5.74, 6) is 6.91. The van der Waals surface area contributed by atoms with Crippen molar-refractivity contribution < 1.29 is 0 Å². The predicted molar refractivity (Wildman–Crippen MR) is 240 cm³/mol. The molecule has 4 saturated carbocycles. The molecule has 60 heavy (non-hydrogen) atoms. The molecule has 6 aromatic carbocycles. The SMILES string of the molecule is CC.c1ccc(-c2nc(-c3ccccc3)nc(-c3ccc4c(c3)C3(c5cccc(-c6nc(-c7ccccc7)nc(-c7ccccc7)n6)c5-4)C4CC5CC(C4)CC3C5)n2)cc1. The second-order valence-electron chi connectivity index (χ2n) is 16.7. The summed E-state index contributed by atoms with van der Waals surface area (Å²) in [5, 5.41) is 0. The fourth-order valence-corrected chi connectivity index (χ4v) is 11.4. The van der Waals surface area contributed by atoms with Gasteiger partial charge < -0.3 is 0 Å². The monoisotopic (exact) mass is 778 g/mol. The lowest BCUT2D eigenvalue weighted by Crippen LogP contribution is -2.55. The van der Waals surface area contributed by atoms with Crippen LogP contribution in [-0.2, 0) is 5.41 Å². The topological polar surface area (TPSA) is 77.3 Å². The van der Waals surface area contributed by atoms with Crippen LogP contribution in [0.2, 0.25) is 0 Å². The maximum atomic E-state index is 5.27. The predicted octanol–water partition coefficient (Wildman–Crippen LogP) is 12.8. The van der Waals surface area contributed by atoms with Crippen LogP contribution in [0, 0.1) is 23.7 Å². The van der Waals surface area contributed by atoms with Crippen molar-refractivity contribution in [3.63, 3.8) is 0 Å². The Morgan fingerprint density at radius 2 is 0.750 bits per heavy atom. The molecule has 0 N–H and O–H groups in total. The zero-order valence-corrected chi connectivity index (χ0v) is 34.0. The van der Waals surface area contributed by atoms with Gasteiger partial charge in [-0.1, -0.05) is 166 Å². The van der Waals surface area contributed by atoms with Crippen molar-refractivity contribution in [2.75, 3.05) is 0 Å². The van der Waals surface area contributed by atoms with Crippen molar-refractivity contribution >= 4 is 0 Å². The van der Waals surface area contributed by atoms with E-state index >= 15 is 0 Å². The summed E-state index contributed by atoms with van der Waals surface area (Å²) < 4.78 is 0. The van der Waals surface area contributed by atoms with E-state index in [-0.39, 0.29) is 5.41 Å². The van der Waals surface area contributed by atoms with Gasteiger partial charge in [0, 0.05) is 38.8 Å². The van der Waals surface area contributed by atoms with Crippen molar-refractivity contribution in [1.29, 1.82) is 0 Å². The Kier molecular flexibility index (Phi) is 9.02. The lowest BCUT2D eigenvalue weighted by molar-refractivity contribution is -0.0399. The number of aromatic nitrogens is 6. The van der Waals surface area contributed by atoms with Crippen molar-refractivity contribution in [1.82, 2.24) is 29.9 Å². The van der Waals surface area contributed by atoms with Gasteiger partial charge in [-0.2, -0.15) is 0 Å². The first kappa shape index (κ1) is 36.4. The lowest BCUT2D eigenvalue weighted by Gasteiger charge is -2.61. The highest BCUT2D eigenvalue weighted by Gasteiger charge is 2.62. The zero-order valence-electron chi connectivity index (χ0n) is 34.0. The highest BCUT2D eigenvalue weighted by Crippen LogP contribution is 2.70. The molecule has 0 saturated heterocycles. The summed E-state index contributed by atoms with van der Waals surface area (Å²) in [4.78, 5) is 31.0. The molecule has 4 bridgehead atoms. The van der Waals surface area contributed by atoms with Gasteiger partial charge in [0.25, 0.3) is 0 Å². The van der Waals surface area contributed by atoms with E-state index in [1.807, 2.05) is 86.6 Å². The molecule has 5 aliphatic carbocycles. The Labute approximate surface area is 352 Å². The van der Waals surface area contributed by atoms with Gasteiger partial charge in [-0.05, 0) is 84.1 Å². The number of benzene rings is 6. The molecule has 0 unspecified atom stereocenters. The molecule has 2 aromatic heterocycles. The number of fused-ring (bicyclic) bond motifs is 3. The van der Waals surface area contributed by atoms with Crippen LogP contribution in [0.25, 0.3) is 79.5 Å². The Morgan fingerprint density at radius 3 is 1.18 bits per heavy atom. The number of hydrogen-bond donors (Lipinski definition) is 0. The van der Waals surface area contributed by atoms with Crippen LogP contribution in [0.4, 0.5) is 0 Å². The summed E-state index contributed by atoms with van der Waals surface area (Å²) in [6.07, 6.45) is 6.53. The summed E-state index contributed by atoms with van der Waals surface area (Å²) in [6.45, 7) is 4.00. The van der Waals surface area contributed by atoms with Crippen molar-refractivity contribution in [3.05, 3.63) is 169 Å². The molecule has 0 radical (unpaired) electrons. The number of hydrogen-bond acceptors (Lipinski definition) is 6. The maximum Gasteiger partial charge on any atom is 0.164 e. The average molecular weight is 779 g/mol. The van der Waals surface area contributed by atoms with Crippen molar-refractivity contribution in [3.8, 4) is 79.5 Å². The smallest absolute Gasteiger partial charge is 0.164 e. The van der Waals surface area contributed by atoms with Gasteiger partial charge in [0.1, 0.15) is 0 Å². The summed E-state index contributed by atoms with van der Waals surface area (Å²) >= 11 is 0. The molecule has 1 spiro atoms. The van der Waals surface area contributed by atoms with Gasteiger partial charge in [-0.15, -0.1) is 0 Å². The highest BCUT2D eigenvalue weighted by atomic mass is 15.0. The van der Waals surface area contributed by atoms with Crippen LogP contribution in [0.1, 0.15) is 57.1 Å². The molecule has 5 aliphatic rings. The van der Waals surface area contributed by atoms with Gasteiger partial charge in [0.15, 0.2) is 34.9 Å². The van der Waals surface area contributed by atoms with Gasteiger partial charge in [0.2, 0.25) is 0 Å². The van der Waals surface area contributed by atoms with E-state index in [1.54, 1.807) is 0 Å². The van der Waals surface area contributed by atoms with Gasteiger partial charge in [-0.25, -0.2) is 29.9 Å². The van der Waals surface area contributed by atoms with E-state index in [2.05, 4.69) is 84.9 Å². The summed E-state index contributed by atoms with van der Waals surface area (Å²) in [5.41, 5.74) is 11.3. The van der Waals surface area contributed by atoms with Crippen molar-refractivity contribution in [2.24, 2.45) is 23.7 Å². The van der Waals surface area contributed by atoms with Gasteiger partial charge in [-0.3, -0.25) is 0 Å². The van der Waals surface area contributed by atoms with E-state index in [1.165, 1.54) is 54.4 Å². The molecule has 292 valence electrons. The molecule has 4 fully saturated rings. The van der Waals surface area contributed by atoms with E-state index in [9.17, 15) is 0 Å². The standard InChI is InChI=1S/C52H40N6.C2H6/c1-5-14-34(15-6-1)46-53-47(35-16-7-2-8-17-35)56-50(55-46)38-24-25-41-44(31-38)52(39-27-32-26-33(29-39)30-40(52)28-32)43-23-13-22-42(45(41)43)51-57-48(36-18-9-3-10-19-36)54-49(58-51)37-20-11-4-12-21-37;1-2/h1-25,31-33,39-40H,26-30H2;1-2H3. The van der Waals surface area contributed by atoms with E-state index in [0.29, 0.717) is 46.8 Å². The summed E-state index contributed by atoms with van der Waals surface area (Å²) in [7, 11) is 0. The third kappa shape index (κ3) is 5.91. The van der Waals surface area contributed by atoms with E-state index in [0.717, 1.165) is 45.2 Å². The van der Waals surface area contributed by atoms with E-state index < -0.39 is 0 Å². The third-order valence-corrected chi connectivity index (χ3v) is 13.6. The molecular weight excluding hydrogens is 733 g/mol. The fourth-order valence-electron chi connectivity index (χ4n) is 11.4. The molecule has 0 aliphatic heterocycles. The van der Waals surface area contributed by atoms with Crippen LogP contribution in [0.15, 0.2) is 158 Å². The minimum absolute atomic E-state index is 0.0980. The molecule has 13 rings (SSSR count). The second kappa shape index (κ2) is 14.9. The van der Waals surface area contributed by atoms with Crippen LogP contribution in [0.3, 0.4) is 0 Å². The van der Waals surface area contributed by atoms with Crippen LogP contribution < -0.4 is 0 Å². The van der Waals surface area contributed by atoms with Crippen LogP contribution in [0.5, 0.6) is 0 Å². The first-order valence-corrected chi connectivity index (χ1v) is 21.7.